The number of rotatable bonds is 7. The number of halogens is 1. The first kappa shape index (κ1) is 22.4. The van der Waals surface area contributed by atoms with Crippen LogP contribution in [0.1, 0.15) is 6.42 Å². The van der Waals surface area contributed by atoms with Crippen LogP contribution in [0.15, 0.2) is 24.3 Å². The summed E-state index contributed by atoms with van der Waals surface area (Å²) in [5.74, 6) is -0.822. The fourth-order valence-corrected chi connectivity index (χ4v) is 3.73. The van der Waals surface area contributed by atoms with E-state index in [4.69, 9.17) is 9.47 Å². The van der Waals surface area contributed by atoms with E-state index in [2.05, 4.69) is 10.2 Å². The van der Waals surface area contributed by atoms with Crippen molar-refractivity contribution >= 4 is 17.5 Å². The molecule has 0 unspecified atom stereocenters. The molecule has 4 atom stereocenters. The van der Waals surface area contributed by atoms with Crippen LogP contribution in [-0.4, -0.2) is 97.8 Å². The second kappa shape index (κ2) is 10.2. The SMILES string of the molecule is COCC(=O)NC[C@H]1O[C@@H](CC(=O)N2CCN(c3ccc(F)cc3)CC2)[C@H](O)[C@@H]1O. The number of amides is 2. The second-order valence-corrected chi connectivity index (χ2v) is 7.48. The van der Waals surface area contributed by atoms with Crippen molar-refractivity contribution in [2.45, 2.75) is 30.8 Å². The van der Waals surface area contributed by atoms with E-state index in [-0.39, 0.29) is 37.2 Å². The number of nitrogens with one attached hydrogen (secondary N) is 1. The molecule has 2 fully saturated rings. The molecule has 3 N–H and O–H groups in total. The van der Waals surface area contributed by atoms with Crippen LogP contribution in [0.4, 0.5) is 10.1 Å². The minimum atomic E-state index is -1.21. The number of carbonyl (C=O) groups excluding carboxylic acids is 2. The lowest BCUT2D eigenvalue weighted by atomic mass is 10.0. The smallest absolute Gasteiger partial charge is 0.246 e. The lowest BCUT2D eigenvalue weighted by molar-refractivity contribution is -0.136. The molecule has 10 heteroatoms. The zero-order chi connectivity index (χ0) is 21.7. The topological polar surface area (TPSA) is 112 Å². The highest BCUT2D eigenvalue weighted by Crippen LogP contribution is 2.25. The Morgan fingerprint density at radius 1 is 1.13 bits per heavy atom. The maximum absolute atomic E-state index is 13.1. The molecule has 2 saturated heterocycles. The minimum Gasteiger partial charge on any atom is -0.388 e. The van der Waals surface area contributed by atoms with E-state index in [1.807, 2.05) is 0 Å². The number of hydrogen-bond acceptors (Lipinski definition) is 7. The highest BCUT2D eigenvalue weighted by Gasteiger charge is 2.44. The molecule has 3 rings (SSSR count). The molecule has 0 aromatic heterocycles. The number of aliphatic hydroxyl groups is 2. The molecule has 0 spiro atoms. The second-order valence-electron chi connectivity index (χ2n) is 7.48. The van der Waals surface area contributed by atoms with Crippen LogP contribution in [0, 0.1) is 5.82 Å². The van der Waals surface area contributed by atoms with Gasteiger partial charge in [-0.15, -0.1) is 0 Å². The third kappa shape index (κ3) is 5.45. The fraction of sp³-hybridized carbons (Fsp3) is 0.600. The van der Waals surface area contributed by atoms with Gasteiger partial charge < -0.3 is 34.8 Å². The molecule has 1 aromatic rings. The predicted octanol–water partition coefficient (Wildman–Crippen LogP) is -0.884. The summed E-state index contributed by atoms with van der Waals surface area (Å²) >= 11 is 0. The van der Waals surface area contributed by atoms with Gasteiger partial charge in [-0.05, 0) is 24.3 Å². The summed E-state index contributed by atoms with van der Waals surface area (Å²) in [6.07, 6.45) is -4.10. The molecule has 0 radical (unpaired) electrons. The van der Waals surface area contributed by atoms with Gasteiger partial charge in [-0.2, -0.15) is 0 Å². The lowest BCUT2D eigenvalue weighted by Gasteiger charge is -2.36. The zero-order valence-electron chi connectivity index (χ0n) is 16.9. The molecular weight excluding hydrogens is 397 g/mol. The van der Waals surface area contributed by atoms with E-state index in [0.717, 1.165) is 5.69 Å². The number of anilines is 1. The Balaban J connectivity index is 1.46. The Labute approximate surface area is 174 Å². The highest BCUT2D eigenvalue weighted by molar-refractivity contribution is 5.77. The Kier molecular flexibility index (Phi) is 7.59. The van der Waals surface area contributed by atoms with E-state index in [1.54, 1.807) is 17.0 Å². The average molecular weight is 425 g/mol. The number of carbonyl (C=O) groups is 2. The van der Waals surface area contributed by atoms with Gasteiger partial charge >= 0.3 is 0 Å². The van der Waals surface area contributed by atoms with Crippen molar-refractivity contribution in [3.05, 3.63) is 30.1 Å². The molecule has 0 bridgehead atoms. The van der Waals surface area contributed by atoms with E-state index in [9.17, 15) is 24.2 Å². The van der Waals surface area contributed by atoms with Gasteiger partial charge in [-0.25, -0.2) is 4.39 Å². The van der Waals surface area contributed by atoms with Crippen molar-refractivity contribution in [1.82, 2.24) is 10.2 Å². The van der Waals surface area contributed by atoms with Crippen molar-refractivity contribution in [2.75, 3.05) is 51.3 Å². The monoisotopic (exact) mass is 425 g/mol. The first-order valence-corrected chi connectivity index (χ1v) is 9.94. The van der Waals surface area contributed by atoms with Gasteiger partial charge in [0.15, 0.2) is 0 Å². The molecule has 166 valence electrons. The van der Waals surface area contributed by atoms with E-state index >= 15 is 0 Å². The van der Waals surface area contributed by atoms with Crippen LogP contribution in [0.25, 0.3) is 0 Å². The van der Waals surface area contributed by atoms with Crippen LogP contribution in [0.2, 0.25) is 0 Å². The molecule has 0 aliphatic carbocycles. The summed E-state index contributed by atoms with van der Waals surface area (Å²) in [5, 5.41) is 22.9. The number of nitrogens with zero attached hydrogens (tertiary/aromatic N) is 2. The third-order valence-electron chi connectivity index (χ3n) is 5.44. The number of methoxy groups -OCH3 is 1. The Hall–Kier alpha value is -2.27. The zero-order valence-corrected chi connectivity index (χ0v) is 16.9. The number of benzene rings is 1. The molecule has 2 aliphatic rings. The summed E-state index contributed by atoms with van der Waals surface area (Å²) in [6, 6.07) is 6.24. The largest absolute Gasteiger partial charge is 0.388 e. The predicted molar refractivity (Wildman–Crippen MR) is 105 cm³/mol. The fourth-order valence-electron chi connectivity index (χ4n) is 3.73. The van der Waals surface area contributed by atoms with Gasteiger partial charge in [0.25, 0.3) is 0 Å². The summed E-state index contributed by atoms with van der Waals surface area (Å²) in [4.78, 5) is 27.9. The van der Waals surface area contributed by atoms with Crippen LogP contribution in [0.3, 0.4) is 0 Å². The summed E-state index contributed by atoms with van der Waals surface area (Å²) < 4.78 is 23.4. The molecule has 2 heterocycles. The van der Waals surface area contributed by atoms with Crippen LogP contribution < -0.4 is 10.2 Å². The highest BCUT2D eigenvalue weighted by atomic mass is 19.1. The van der Waals surface area contributed by atoms with Crippen molar-refractivity contribution in [1.29, 1.82) is 0 Å². The first-order chi connectivity index (χ1) is 14.4. The standard InChI is InChI=1S/C20H28FN3O6/c1-29-12-17(25)22-11-16-20(28)19(27)15(30-16)10-18(26)24-8-6-23(7-9-24)14-4-2-13(21)3-5-14/h2-5,15-16,19-20,27-28H,6-12H2,1H3,(H,22,25)/t15-,16+,19-,20+/m0/s1. The van der Waals surface area contributed by atoms with E-state index in [1.165, 1.54) is 19.2 Å². The number of ether oxygens (including phenoxy) is 2. The van der Waals surface area contributed by atoms with Crippen molar-refractivity contribution < 1.29 is 33.7 Å². The molecule has 2 aliphatic heterocycles. The number of aliphatic hydroxyl groups excluding tert-OH is 2. The molecule has 2 amide bonds. The average Bonchev–Trinajstić information content (AvgIpc) is 3.01. The Morgan fingerprint density at radius 3 is 2.40 bits per heavy atom. The minimum absolute atomic E-state index is 0.0153. The third-order valence-corrected chi connectivity index (χ3v) is 5.44. The normalized spacial score (nSPS) is 26.7. The first-order valence-electron chi connectivity index (χ1n) is 9.94. The maximum atomic E-state index is 13.1. The van der Waals surface area contributed by atoms with Gasteiger partial charge in [0.2, 0.25) is 11.8 Å². The van der Waals surface area contributed by atoms with E-state index in [0.29, 0.717) is 26.2 Å². The van der Waals surface area contributed by atoms with E-state index < -0.39 is 24.4 Å². The van der Waals surface area contributed by atoms with Crippen molar-refractivity contribution in [3.63, 3.8) is 0 Å². The van der Waals surface area contributed by atoms with Gasteiger partial charge in [-0.1, -0.05) is 0 Å². The van der Waals surface area contributed by atoms with Crippen molar-refractivity contribution in [3.8, 4) is 0 Å². The molecule has 1 aromatic carbocycles. The van der Waals surface area contributed by atoms with Crippen molar-refractivity contribution in [2.24, 2.45) is 0 Å². The van der Waals surface area contributed by atoms with Gasteiger partial charge in [0, 0.05) is 45.5 Å². The number of piperazine rings is 1. The lowest BCUT2D eigenvalue weighted by Crippen LogP contribution is -2.49. The van der Waals surface area contributed by atoms with Gasteiger partial charge in [0.05, 0.1) is 12.5 Å². The van der Waals surface area contributed by atoms with Gasteiger partial charge in [-0.3, -0.25) is 9.59 Å². The summed E-state index contributed by atoms with van der Waals surface area (Å²) in [5.41, 5.74) is 0.902. The number of hydrogen-bond donors (Lipinski definition) is 3. The Morgan fingerprint density at radius 2 is 1.77 bits per heavy atom. The van der Waals surface area contributed by atoms with Crippen LogP contribution in [0.5, 0.6) is 0 Å². The summed E-state index contributed by atoms with van der Waals surface area (Å²) in [6.45, 7) is 2.12. The van der Waals surface area contributed by atoms with Gasteiger partial charge in [0.1, 0.15) is 30.7 Å². The summed E-state index contributed by atoms with van der Waals surface area (Å²) in [7, 11) is 1.39. The Bertz CT molecular complexity index is 726. The van der Waals surface area contributed by atoms with Crippen LogP contribution in [-0.2, 0) is 19.1 Å². The molecule has 9 nitrogen and oxygen atoms in total. The van der Waals surface area contributed by atoms with Crippen LogP contribution >= 0.6 is 0 Å². The quantitative estimate of drug-likeness (QED) is 0.520. The molecule has 0 saturated carbocycles. The maximum Gasteiger partial charge on any atom is 0.246 e. The molecule has 30 heavy (non-hydrogen) atoms. The molecular formula is C20H28FN3O6.